The van der Waals surface area contributed by atoms with Gasteiger partial charge in [0.05, 0.1) is 11.3 Å². The van der Waals surface area contributed by atoms with Crippen LogP contribution in [0.4, 0.5) is 5.82 Å². The van der Waals surface area contributed by atoms with E-state index in [4.69, 9.17) is 15.6 Å². The molecule has 8 nitrogen and oxygen atoms in total. The van der Waals surface area contributed by atoms with Gasteiger partial charge in [0.1, 0.15) is 47.9 Å². The molecule has 1 atom stereocenters. The number of carbonyl (C=O) groups is 1. The van der Waals surface area contributed by atoms with E-state index in [1.165, 1.54) is 6.33 Å². The molecule has 3 N–H and O–H groups in total. The molecule has 0 saturated carbocycles. The van der Waals surface area contributed by atoms with Crippen LogP contribution in [0.2, 0.25) is 0 Å². The summed E-state index contributed by atoms with van der Waals surface area (Å²) in [4.78, 5) is 21.0. The first-order chi connectivity index (χ1) is 17.6. The van der Waals surface area contributed by atoms with Crippen LogP contribution >= 0.6 is 0 Å². The molecule has 8 heteroatoms. The molecule has 3 aromatic carbocycles. The first-order valence-corrected chi connectivity index (χ1v) is 11.4. The molecule has 0 saturated heterocycles. The highest BCUT2D eigenvalue weighted by Crippen LogP contribution is 2.43. The highest BCUT2D eigenvalue weighted by molar-refractivity contribution is 5.98. The standard InChI is InChI=1S/C28H21N5O3/c29-27-25-26(18-9-6-10-19(35)13-18)32-33(28(25)31-16-30-27)14-23-24(17-7-2-1-3-8-17)21(15-34)20-11-4-5-12-22(20)36-23/h1-13,15-16,21,35H,14H2,(H2,29,30,31). The average molecular weight is 476 g/mol. The van der Waals surface area contributed by atoms with Crippen LogP contribution < -0.4 is 10.5 Å². The summed E-state index contributed by atoms with van der Waals surface area (Å²) in [7, 11) is 0. The number of benzene rings is 3. The van der Waals surface area contributed by atoms with E-state index in [2.05, 4.69) is 9.97 Å². The quantitative estimate of drug-likeness (QED) is 0.358. The number of carbonyl (C=O) groups excluding carboxylic acids is 1. The minimum absolute atomic E-state index is 0.112. The minimum atomic E-state index is -0.501. The molecule has 5 aromatic rings. The van der Waals surface area contributed by atoms with Gasteiger partial charge in [0.15, 0.2) is 5.65 Å². The number of nitrogen functional groups attached to an aromatic ring is 1. The van der Waals surface area contributed by atoms with Gasteiger partial charge < -0.3 is 20.4 Å². The van der Waals surface area contributed by atoms with Crippen molar-refractivity contribution in [2.24, 2.45) is 0 Å². The van der Waals surface area contributed by atoms with Crippen LogP contribution in [0.3, 0.4) is 0 Å². The normalized spacial score (nSPS) is 14.9. The predicted molar refractivity (Wildman–Crippen MR) is 136 cm³/mol. The van der Waals surface area contributed by atoms with E-state index in [1.54, 1.807) is 22.9 Å². The van der Waals surface area contributed by atoms with E-state index in [0.717, 1.165) is 23.0 Å². The summed E-state index contributed by atoms with van der Waals surface area (Å²) in [6.45, 7) is 0.203. The summed E-state index contributed by atoms with van der Waals surface area (Å²) < 4.78 is 8.09. The summed E-state index contributed by atoms with van der Waals surface area (Å²) in [5.74, 6) is 1.10. The molecule has 6 rings (SSSR count). The maximum atomic E-state index is 12.4. The second-order valence-corrected chi connectivity index (χ2v) is 8.47. The van der Waals surface area contributed by atoms with Crippen LogP contribution in [0, 0.1) is 0 Å². The minimum Gasteiger partial charge on any atom is -0.508 e. The number of aldehydes is 1. The summed E-state index contributed by atoms with van der Waals surface area (Å²) in [6.07, 6.45) is 2.34. The van der Waals surface area contributed by atoms with Crippen molar-refractivity contribution in [1.29, 1.82) is 0 Å². The molecule has 0 fully saturated rings. The third-order valence-corrected chi connectivity index (χ3v) is 6.29. The van der Waals surface area contributed by atoms with E-state index in [-0.39, 0.29) is 18.1 Å². The Morgan fingerprint density at radius 3 is 2.56 bits per heavy atom. The molecule has 0 amide bonds. The third-order valence-electron chi connectivity index (χ3n) is 6.29. The number of anilines is 1. The zero-order valence-corrected chi connectivity index (χ0v) is 19.1. The van der Waals surface area contributed by atoms with Gasteiger partial charge in [-0.25, -0.2) is 14.6 Å². The Morgan fingerprint density at radius 2 is 1.75 bits per heavy atom. The van der Waals surface area contributed by atoms with E-state index in [0.29, 0.717) is 33.8 Å². The number of phenols is 1. The zero-order valence-electron chi connectivity index (χ0n) is 19.1. The number of hydrogen-bond acceptors (Lipinski definition) is 7. The molecule has 3 heterocycles. The number of ether oxygens (including phenoxy) is 1. The molecule has 1 aliphatic heterocycles. The molecule has 176 valence electrons. The third kappa shape index (κ3) is 3.56. The van der Waals surface area contributed by atoms with Gasteiger partial charge in [0, 0.05) is 16.7 Å². The number of phenolic OH excluding ortho intramolecular Hbond substituents is 1. The molecule has 1 aliphatic rings. The largest absolute Gasteiger partial charge is 0.508 e. The fraction of sp³-hybridized carbons (Fsp3) is 0.0714. The van der Waals surface area contributed by atoms with Crippen LogP contribution in [0.1, 0.15) is 17.0 Å². The molecular weight excluding hydrogens is 454 g/mol. The summed E-state index contributed by atoms with van der Waals surface area (Å²) in [5.41, 5.74) is 10.5. The van der Waals surface area contributed by atoms with Gasteiger partial charge in [-0.2, -0.15) is 5.10 Å². The van der Waals surface area contributed by atoms with Crippen molar-refractivity contribution in [3.05, 3.63) is 102 Å². The number of para-hydroxylation sites is 1. The van der Waals surface area contributed by atoms with Crippen LogP contribution in [0.5, 0.6) is 11.5 Å². The van der Waals surface area contributed by atoms with Crippen molar-refractivity contribution in [1.82, 2.24) is 19.7 Å². The van der Waals surface area contributed by atoms with Gasteiger partial charge in [0.2, 0.25) is 0 Å². The van der Waals surface area contributed by atoms with Crippen molar-refractivity contribution in [2.45, 2.75) is 12.5 Å². The zero-order chi connectivity index (χ0) is 24.6. The Hall–Kier alpha value is -4.98. The van der Waals surface area contributed by atoms with Crippen molar-refractivity contribution in [2.75, 3.05) is 5.73 Å². The van der Waals surface area contributed by atoms with Crippen LogP contribution in [-0.4, -0.2) is 31.1 Å². The summed E-state index contributed by atoms with van der Waals surface area (Å²) >= 11 is 0. The number of rotatable bonds is 5. The molecule has 36 heavy (non-hydrogen) atoms. The van der Waals surface area contributed by atoms with Crippen molar-refractivity contribution < 1.29 is 14.6 Å². The van der Waals surface area contributed by atoms with Crippen LogP contribution in [-0.2, 0) is 11.3 Å². The van der Waals surface area contributed by atoms with E-state index >= 15 is 0 Å². The number of hydrogen-bond donors (Lipinski definition) is 2. The number of nitrogens with zero attached hydrogens (tertiary/aromatic N) is 4. The van der Waals surface area contributed by atoms with Crippen molar-refractivity contribution in [3.8, 4) is 22.8 Å². The van der Waals surface area contributed by atoms with Gasteiger partial charge in [-0.05, 0) is 23.8 Å². The number of allylic oxidation sites excluding steroid dienone is 2. The lowest BCUT2D eigenvalue weighted by Crippen LogP contribution is -2.20. The monoisotopic (exact) mass is 475 g/mol. The topological polar surface area (TPSA) is 116 Å². The second kappa shape index (κ2) is 8.66. The Bertz CT molecular complexity index is 1640. The highest BCUT2D eigenvalue weighted by atomic mass is 16.5. The number of aromatic nitrogens is 4. The van der Waals surface area contributed by atoms with Gasteiger partial charge in [-0.15, -0.1) is 0 Å². The lowest BCUT2D eigenvalue weighted by Gasteiger charge is -2.28. The molecule has 0 bridgehead atoms. The molecule has 0 spiro atoms. The second-order valence-electron chi connectivity index (χ2n) is 8.47. The van der Waals surface area contributed by atoms with E-state index < -0.39 is 5.92 Å². The van der Waals surface area contributed by atoms with Gasteiger partial charge in [-0.1, -0.05) is 60.7 Å². The van der Waals surface area contributed by atoms with E-state index in [1.807, 2.05) is 60.7 Å². The molecule has 0 aliphatic carbocycles. The van der Waals surface area contributed by atoms with E-state index in [9.17, 15) is 9.90 Å². The smallest absolute Gasteiger partial charge is 0.164 e. The number of aromatic hydroxyl groups is 1. The Kier molecular flexibility index (Phi) is 5.19. The molecule has 2 aromatic heterocycles. The maximum absolute atomic E-state index is 12.4. The maximum Gasteiger partial charge on any atom is 0.164 e. The number of fused-ring (bicyclic) bond motifs is 2. The van der Waals surface area contributed by atoms with Crippen molar-refractivity contribution in [3.63, 3.8) is 0 Å². The fourth-order valence-corrected chi connectivity index (χ4v) is 4.70. The molecular formula is C28H21N5O3. The predicted octanol–water partition coefficient (Wildman–Crippen LogP) is 4.57. The van der Waals surface area contributed by atoms with Crippen LogP contribution in [0.25, 0.3) is 27.9 Å². The first kappa shape index (κ1) is 21.5. The SMILES string of the molecule is Nc1ncnc2c1c(-c1cccc(O)c1)nn2CC1=C(c2ccccc2)C(C=O)c2ccccc2O1. The van der Waals surface area contributed by atoms with Crippen molar-refractivity contribution >= 4 is 28.7 Å². The number of nitrogens with two attached hydrogens (primary N) is 1. The lowest BCUT2D eigenvalue weighted by atomic mass is 9.84. The first-order valence-electron chi connectivity index (χ1n) is 11.4. The van der Waals surface area contributed by atoms with Gasteiger partial charge >= 0.3 is 0 Å². The highest BCUT2D eigenvalue weighted by Gasteiger charge is 2.31. The van der Waals surface area contributed by atoms with Crippen LogP contribution in [0.15, 0.2) is 90.9 Å². The average Bonchev–Trinajstić information content (AvgIpc) is 3.28. The molecule has 1 unspecified atom stereocenters. The lowest BCUT2D eigenvalue weighted by molar-refractivity contribution is -0.108. The Morgan fingerprint density at radius 1 is 0.972 bits per heavy atom. The molecule has 0 radical (unpaired) electrons. The van der Waals surface area contributed by atoms with Gasteiger partial charge in [0.25, 0.3) is 0 Å². The summed E-state index contributed by atoms with van der Waals surface area (Å²) in [5, 5.41) is 15.4. The Labute approximate surface area is 206 Å². The summed E-state index contributed by atoms with van der Waals surface area (Å²) in [6, 6.07) is 24.0. The van der Waals surface area contributed by atoms with Gasteiger partial charge in [-0.3, -0.25) is 0 Å². The Balaban J connectivity index is 1.55. The fourth-order valence-electron chi connectivity index (χ4n) is 4.70.